The van der Waals surface area contributed by atoms with Crippen molar-refractivity contribution in [3.8, 4) is 0 Å². The monoisotopic (exact) mass is 532 g/mol. The number of nitrogens with zero attached hydrogens (tertiary/aromatic N) is 2. The molecule has 224 valence electrons. The summed E-state index contributed by atoms with van der Waals surface area (Å²) in [6, 6.07) is 0. The lowest BCUT2D eigenvalue weighted by Gasteiger charge is -2.07. The van der Waals surface area contributed by atoms with Crippen LogP contribution < -0.4 is 4.57 Å². The second kappa shape index (κ2) is 27.8. The minimum atomic E-state index is 1.20. The van der Waals surface area contributed by atoms with Gasteiger partial charge in [-0.3, -0.25) is 0 Å². The van der Waals surface area contributed by atoms with Gasteiger partial charge in [-0.05, 0) is 25.7 Å². The van der Waals surface area contributed by atoms with Crippen LogP contribution in [-0.2, 0) is 19.5 Å². The zero-order valence-electron chi connectivity index (χ0n) is 26.8. The molecule has 1 aromatic heterocycles. The summed E-state index contributed by atoms with van der Waals surface area (Å²) in [5.41, 5.74) is 0. The minimum absolute atomic E-state index is 1.20. The maximum absolute atomic E-state index is 2.60. The van der Waals surface area contributed by atoms with Crippen molar-refractivity contribution in [2.24, 2.45) is 0 Å². The summed E-state index contributed by atoms with van der Waals surface area (Å²) in [4.78, 5) is 0. The predicted octanol–water partition coefficient (Wildman–Crippen LogP) is 11.9. The third kappa shape index (κ3) is 20.2. The molecule has 0 saturated heterocycles. The van der Waals surface area contributed by atoms with Crippen LogP contribution in [0.15, 0.2) is 12.4 Å². The molecule has 1 rings (SSSR count). The fraction of sp³-hybridized carbons (Fsp3) is 0.917. The highest BCUT2D eigenvalue weighted by Crippen LogP contribution is 2.15. The highest BCUT2D eigenvalue weighted by atomic mass is 15.1. The van der Waals surface area contributed by atoms with E-state index in [0.29, 0.717) is 0 Å². The Morgan fingerprint density at radius 2 is 0.816 bits per heavy atom. The maximum atomic E-state index is 2.60. The fourth-order valence-electron chi connectivity index (χ4n) is 5.94. The molecule has 1 aromatic rings. The molecule has 2 nitrogen and oxygen atoms in total. The van der Waals surface area contributed by atoms with Gasteiger partial charge in [-0.2, -0.15) is 0 Å². The first-order valence-corrected chi connectivity index (χ1v) is 17.9. The predicted molar refractivity (Wildman–Crippen MR) is 170 cm³/mol. The molecular formula is C36H71N2+. The van der Waals surface area contributed by atoms with E-state index in [1.165, 1.54) is 193 Å². The Morgan fingerprint density at radius 3 is 1.24 bits per heavy atom. The van der Waals surface area contributed by atoms with Gasteiger partial charge in [-0.1, -0.05) is 168 Å². The molecule has 0 aromatic carbocycles. The highest BCUT2D eigenvalue weighted by Gasteiger charge is 2.16. The zero-order valence-corrected chi connectivity index (χ0v) is 26.8. The molecule has 0 bridgehead atoms. The van der Waals surface area contributed by atoms with Crippen molar-refractivity contribution in [1.29, 1.82) is 0 Å². The quantitative estimate of drug-likeness (QED) is 0.0689. The van der Waals surface area contributed by atoms with E-state index >= 15 is 0 Å². The van der Waals surface area contributed by atoms with Gasteiger partial charge in [0, 0.05) is 6.42 Å². The lowest BCUT2D eigenvalue weighted by atomic mass is 10.0. The molecule has 0 spiro atoms. The highest BCUT2D eigenvalue weighted by molar-refractivity contribution is 4.84. The van der Waals surface area contributed by atoms with Gasteiger partial charge in [0.05, 0.1) is 13.1 Å². The van der Waals surface area contributed by atoms with Crippen LogP contribution in [0.5, 0.6) is 0 Å². The second-order valence-electron chi connectivity index (χ2n) is 12.3. The van der Waals surface area contributed by atoms with Gasteiger partial charge >= 0.3 is 0 Å². The number of hydrogen-bond acceptors (Lipinski definition) is 0. The maximum Gasteiger partial charge on any atom is 0.256 e. The molecule has 1 heterocycles. The third-order valence-corrected chi connectivity index (χ3v) is 8.60. The molecule has 0 N–H and O–H groups in total. The summed E-state index contributed by atoms with van der Waals surface area (Å²) in [5.74, 6) is 1.60. The van der Waals surface area contributed by atoms with Gasteiger partial charge in [0.2, 0.25) is 0 Å². The van der Waals surface area contributed by atoms with Crippen LogP contribution >= 0.6 is 0 Å². The van der Waals surface area contributed by atoms with Crippen molar-refractivity contribution in [2.45, 2.75) is 214 Å². The molecule has 0 saturated carbocycles. The first-order chi connectivity index (χ1) is 18.8. The number of aryl methyl sites for hydroxylation is 2. The van der Waals surface area contributed by atoms with Crippen molar-refractivity contribution >= 4 is 0 Å². The van der Waals surface area contributed by atoms with Crippen LogP contribution in [0.2, 0.25) is 0 Å². The van der Waals surface area contributed by atoms with E-state index in [1.807, 2.05) is 0 Å². The van der Waals surface area contributed by atoms with Crippen LogP contribution in [0.25, 0.3) is 0 Å². The molecule has 0 aliphatic heterocycles. The molecule has 0 aliphatic rings. The Labute approximate surface area is 240 Å². The van der Waals surface area contributed by atoms with Gasteiger partial charge < -0.3 is 0 Å². The summed E-state index contributed by atoms with van der Waals surface area (Å²) >= 11 is 0. The largest absolute Gasteiger partial charge is 0.256 e. The Morgan fingerprint density at radius 1 is 0.447 bits per heavy atom. The van der Waals surface area contributed by atoms with E-state index < -0.39 is 0 Å². The Kier molecular flexibility index (Phi) is 25.7. The first kappa shape index (κ1) is 35.2. The van der Waals surface area contributed by atoms with Crippen molar-refractivity contribution < 1.29 is 4.57 Å². The van der Waals surface area contributed by atoms with Crippen molar-refractivity contribution in [2.75, 3.05) is 0 Å². The molecule has 0 amide bonds. The minimum Gasteiger partial charge on any atom is -0.234 e. The van der Waals surface area contributed by atoms with Crippen LogP contribution in [0, 0.1) is 0 Å². The third-order valence-electron chi connectivity index (χ3n) is 8.60. The van der Waals surface area contributed by atoms with E-state index in [2.05, 4.69) is 42.3 Å². The van der Waals surface area contributed by atoms with Gasteiger partial charge in [0.25, 0.3) is 5.82 Å². The Hall–Kier alpha value is -0.790. The van der Waals surface area contributed by atoms with E-state index in [0.717, 1.165) is 0 Å². The number of hydrogen-bond donors (Lipinski definition) is 0. The van der Waals surface area contributed by atoms with Crippen molar-refractivity contribution in [1.82, 2.24) is 4.57 Å². The number of rotatable bonds is 30. The molecule has 0 atom stereocenters. The van der Waals surface area contributed by atoms with Crippen LogP contribution in [0.1, 0.15) is 200 Å². The zero-order chi connectivity index (χ0) is 27.4. The molecule has 2 heteroatoms. The lowest BCUT2D eigenvalue weighted by Crippen LogP contribution is -2.37. The molecule has 0 radical (unpaired) electrons. The van der Waals surface area contributed by atoms with Crippen LogP contribution in [0.3, 0.4) is 0 Å². The normalized spacial score (nSPS) is 11.6. The van der Waals surface area contributed by atoms with E-state index in [1.54, 1.807) is 5.82 Å². The van der Waals surface area contributed by atoms with Gasteiger partial charge in [0.15, 0.2) is 0 Å². The summed E-state index contributed by atoms with van der Waals surface area (Å²) in [6.45, 7) is 9.36. The summed E-state index contributed by atoms with van der Waals surface area (Å²) in [6.07, 6.45) is 44.5. The van der Waals surface area contributed by atoms with Crippen molar-refractivity contribution in [3.05, 3.63) is 18.2 Å². The number of aromatic nitrogens is 2. The second-order valence-corrected chi connectivity index (χ2v) is 12.3. The molecule has 0 unspecified atom stereocenters. The smallest absolute Gasteiger partial charge is 0.234 e. The first-order valence-electron chi connectivity index (χ1n) is 17.9. The summed E-state index contributed by atoms with van der Waals surface area (Å²) in [7, 11) is 0. The average Bonchev–Trinajstić information content (AvgIpc) is 3.31. The van der Waals surface area contributed by atoms with E-state index in [9.17, 15) is 0 Å². The summed E-state index contributed by atoms with van der Waals surface area (Å²) < 4.78 is 5.17. The molecule has 0 fully saturated rings. The average molecular weight is 532 g/mol. The molecular weight excluding hydrogens is 460 g/mol. The number of imidazole rings is 1. The fourth-order valence-corrected chi connectivity index (χ4v) is 5.94. The molecule has 38 heavy (non-hydrogen) atoms. The van der Waals surface area contributed by atoms with Gasteiger partial charge in [0.1, 0.15) is 12.4 Å². The van der Waals surface area contributed by atoms with Crippen molar-refractivity contribution in [3.63, 3.8) is 0 Å². The van der Waals surface area contributed by atoms with Crippen LogP contribution in [-0.4, -0.2) is 4.57 Å². The SMILES string of the molecule is CCCCCCCCCCCCCCCCCCc1n(CCCC)cc[n+]1CCCCCCCCCCC. The van der Waals surface area contributed by atoms with E-state index in [-0.39, 0.29) is 0 Å². The Balaban J connectivity index is 2.09. The van der Waals surface area contributed by atoms with Gasteiger partial charge in [-0.25, -0.2) is 9.13 Å². The lowest BCUT2D eigenvalue weighted by molar-refractivity contribution is -0.704. The van der Waals surface area contributed by atoms with Gasteiger partial charge in [-0.15, -0.1) is 0 Å². The van der Waals surface area contributed by atoms with Crippen LogP contribution in [0.4, 0.5) is 0 Å². The van der Waals surface area contributed by atoms with E-state index in [4.69, 9.17) is 0 Å². The summed E-state index contributed by atoms with van der Waals surface area (Å²) in [5, 5.41) is 0. The topological polar surface area (TPSA) is 8.81 Å². The molecule has 0 aliphatic carbocycles. The number of unbranched alkanes of at least 4 members (excludes halogenated alkanes) is 24. The standard InChI is InChI=1S/C36H71N2/c1-4-7-10-12-14-16-17-18-19-20-21-22-23-25-27-29-31-36-37(32-9-6-3)34-35-38(36)33-30-28-26-24-15-13-11-8-5-2/h34-35H,4-33H2,1-3H3/q+1. The Bertz CT molecular complexity index is 590.